The molecule has 0 heterocycles. The van der Waals surface area contributed by atoms with E-state index in [1.165, 1.54) is 11.1 Å². The van der Waals surface area contributed by atoms with Gasteiger partial charge in [-0.2, -0.15) is 0 Å². The van der Waals surface area contributed by atoms with Gasteiger partial charge in [0.25, 0.3) is 0 Å². The lowest BCUT2D eigenvalue weighted by atomic mass is 9.94. The van der Waals surface area contributed by atoms with Crippen molar-refractivity contribution in [1.82, 2.24) is 4.90 Å². The van der Waals surface area contributed by atoms with Gasteiger partial charge >= 0.3 is 0 Å². The molecule has 1 aromatic carbocycles. The SMILES string of the molecule is CC(C)Cc1ccc(C(C)/C=C2/CCC(CN(C)C)C2=O)cc1.Cl. The molecule has 0 saturated heterocycles. The van der Waals surface area contributed by atoms with Gasteiger partial charge in [0.1, 0.15) is 0 Å². The van der Waals surface area contributed by atoms with Crippen molar-refractivity contribution in [3.63, 3.8) is 0 Å². The van der Waals surface area contributed by atoms with Crippen molar-refractivity contribution in [1.29, 1.82) is 0 Å². The van der Waals surface area contributed by atoms with Crippen LogP contribution in [0.4, 0.5) is 0 Å². The molecule has 0 aromatic heterocycles. The summed E-state index contributed by atoms with van der Waals surface area (Å²) in [5.74, 6) is 1.55. The van der Waals surface area contributed by atoms with Crippen LogP contribution in [-0.2, 0) is 11.2 Å². The molecule has 1 aliphatic carbocycles. The number of allylic oxidation sites excluding steroid dienone is 2. The number of hydrogen-bond donors (Lipinski definition) is 0. The zero-order valence-electron chi connectivity index (χ0n) is 15.7. The van der Waals surface area contributed by atoms with Crippen LogP contribution in [0.1, 0.15) is 50.7 Å². The van der Waals surface area contributed by atoms with E-state index < -0.39 is 0 Å². The van der Waals surface area contributed by atoms with Crippen LogP contribution in [-0.4, -0.2) is 31.3 Å². The molecule has 0 aliphatic heterocycles. The predicted molar refractivity (Wildman–Crippen MR) is 105 cm³/mol. The summed E-state index contributed by atoms with van der Waals surface area (Å²) in [6.07, 6.45) is 5.26. The molecule has 0 bridgehead atoms. The fourth-order valence-electron chi connectivity index (χ4n) is 3.45. The van der Waals surface area contributed by atoms with Crippen molar-refractivity contribution >= 4 is 18.2 Å². The number of rotatable bonds is 6. The third kappa shape index (κ3) is 5.75. The minimum atomic E-state index is 0. The molecule has 0 radical (unpaired) electrons. The number of nitrogens with zero attached hydrogens (tertiary/aromatic N) is 1. The Bertz CT molecular complexity index is 560. The van der Waals surface area contributed by atoms with E-state index in [0.29, 0.717) is 17.6 Å². The lowest BCUT2D eigenvalue weighted by Crippen LogP contribution is -2.24. The Morgan fingerprint density at radius 1 is 1.17 bits per heavy atom. The standard InChI is InChI=1S/C21H31NO.ClH/c1-15(2)12-17-6-8-18(9-7-17)16(3)13-19-10-11-20(21(19)23)14-22(4)5;/h6-9,13,15-16,20H,10-12,14H2,1-5H3;1H/b19-13-;. The zero-order valence-corrected chi connectivity index (χ0v) is 16.5. The second-order valence-electron chi connectivity index (χ2n) is 7.68. The van der Waals surface area contributed by atoms with Gasteiger partial charge in [-0.15, -0.1) is 12.4 Å². The molecule has 24 heavy (non-hydrogen) atoms. The molecule has 2 atom stereocenters. The van der Waals surface area contributed by atoms with Crippen molar-refractivity contribution in [2.75, 3.05) is 20.6 Å². The fraction of sp³-hybridized carbons (Fsp3) is 0.571. The Labute approximate surface area is 153 Å². The molecule has 0 N–H and O–H groups in total. The minimum Gasteiger partial charge on any atom is -0.309 e. The van der Waals surface area contributed by atoms with Crippen molar-refractivity contribution in [2.45, 2.75) is 46.0 Å². The van der Waals surface area contributed by atoms with Gasteiger partial charge in [-0.25, -0.2) is 0 Å². The zero-order chi connectivity index (χ0) is 17.0. The molecule has 1 aliphatic rings. The third-order valence-electron chi connectivity index (χ3n) is 4.64. The van der Waals surface area contributed by atoms with Crippen LogP contribution >= 0.6 is 12.4 Å². The summed E-state index contributed by atoms with van der Waals surface area (Å²) in [5.41, 5.74) is 3.73. The Morgan fingerprint density at radius 2 is 1.79 bits per heavy atom. The van der Waals surface area contributed by atoms with E-state index >= 15 is 0 Å². The van der Waals surface area contributed by atoms with E-state index in [2.05, 4.69) is 56.0 Å². The summed E-state index contributed by atoms with van der Waals surface area (Å²) in [6, 6.07) is 8.90. The Hall–Kier alpha value is -1.12. The van der Waals surface area contributed by atoms with Gasteiger partial charge in [0.15, 0.2) is 5.78 Å². The Kier molecular flexibility index (Phi) is 8.18. The van der Waals surface area contributed by atoms with Crippen molar-refractivity contribution in [3.05, 3.63) is 47.0 Å². The van der Waals surface area contributed by atoms with Gasteiger partial charge in [0, 0.05) is 12.5 Å². The van der Waals surface area contributed by atoms with Crippen LogP contribution in [0.5, 0.6) is 0 Å². The number of hydrogen-bond acceptors (Lipinski definition) is 2. The average molecular weight is 350 g/mol. The van der Waals surface area contributed by atoms with E-state index in [0.717, 1.165) is 31.4 Å². The molecule has 0 spiro atoms. The van der Waals surface area contributed by atoms with Gasteiger partial charge < -0.3 is 4.90 Å². The summed E-state index contributed by atoms with van der Waals surface area (Å²) in [6.45, 7) is 7.55. The molecule has 3 heteroatoms. The maximum Gasteiger partial charge on any atom is 0.162 e. The number of halogens is 1. The second kappa shape index (κ2) is 9.39. The Morgan fingerprint density at radius 3 is 2.33 bits per heavy atom. The summed E-state index contributed by atoms with van der Waals surface area (Å²) in [4.78, 5) is 14.6. The molecule has 0 amide bonds. The summed E-state index contributed by atoms with van der Waals surface area (Å²) >= 11 is 0. The largest absolute Gasteiger partial charge is 0.309 e. The molecule has 2 unspecified atom stereocenters. The van der Waals surface area contributed by atoms with E-state index in [9.17, 15) is 4.79 Å². The number of benzene rings is 1. The van der Waals surface area contributed by atoms with Gasteiger partial charge in [-0.1, -0.05) is 51.1 Å². The van der Waals surface area contributed by atoms with Gasteiger partial charge in [-0.3, -0.25) is 4.79 Å². The lowest BCUT2D eigenvalue weighted by Gasteiger charge is -2.14. The molecule has 1 aromatic rings. The molecular weight excluding hydrogens is 318 g/mol. The number of carbonyl (C=O) groups is 1. The number of ketones is 1. The number of Topliss-reactive ketones (excluding diaryl/α,β-unsaturated/α-hetero) is 1. The molecule has 1 saturated carbocycles. The first-order chi connectivity index (χ1) is 10.9. The van der Waals surface area contributed by atoms with Crippen LogP contribution in [0, 0.1) is 11.8 Å². The number of carbonyl (C=O) groups excluding carboxylic acids is 1. The van der Waals surface area contributed by atoms with Crippen molar-refractivity contribution in [2.24, 2.45) is 11.8 Å². The highest BCUT2D eigenvalue weighted by atomic mass is 35.5. The van der Waals surface area contributed by atoms with Gasteiger partial charge in [0.05, 0.1) is 0 Å². The second-order valence-corrected chi connectivity index (χ2v) is 7.68. The highest BCUT2D eigenvalue weighted by Gasteiger charge is 2.29. The minimum absolute atomic E-state index is 0. The summed E-state index contributed by atoms with van der Waals surface area (Å²) < 4.78 is 0. The first kappa shape index (κ1) is 20.9. The highest BCUT2D eigenvalue weighted by molar-refractivity contribution is 5.99. The molecule has 2 nitrogen and oxygen atoms in total. The van der Waals surface area contributed by atoms with E-state index in [1.54, 1.807) is 0 Å². The topological polar surface area (TPSA) is 20.3 Å². The van der Waals surface area contributed by atoms with E-state index in [4.69, 9.17) is 0 Å². The van der Waals surface area contributed by atoms with Crippen LogP contribution < -0.4 is 0 Å². The lowest BCUT2D eigenvalue weighted by molar-refractivity contribution is -0.118. The Balaban J connectivity index is 0.00000288. The summed E-state index contributed by atoms with van der Waals surface area (Å²) in [5, 5.41) is 0. The maximum atomic E-state index is 12.5. The molecular formula is C21H32ClNO. The van der Waals surface area contributed by atoms with Crippen LogP contribution in [0.2, 0.25) is 0 Å². The molecule has 2 rings (SSSR count). The average Bonchev–Trinajstić information content (AvgIpc) is 2.80. The van der Waals surface area contributed by atoms with Gasteiger partial charge in [-0.05, 0) is 61.9 Å². The van der Waals surface area contributed by atoms with Crippen LogP contribution in [0.3, 0.4) is 0 Å². The normalized spacial score (nSPS) is 20.7. The van der Waals surface area contributed by atoms with Crippen LogP contribution in [0.25, 0.3) is 0 Å². The van der Waals surface area contributed by atoms with Crippen molar-refractivity contribution < 1.29 is 4.79 Å². The smallest absolute Gasteiger partial charge is 0.162 e. The first-order valence-corrected chi connectivity index (χ1v) is 8.85. The first-order valence-electron chi connectivity index (χ1n) is 8.85. The fourth-order valence-corrected chi connectivity index (χ4v) is 3.45. The van der Waals surface area contributed by atoms with Crippen molar-refractivity contribution in [3.8, 4) is 0 Å². The summed E-state index contributed by atoms with van der Waals surface area (Å²) in [7, 11) is 4.08. The van der Waals surface area contributed by atoms with Crippen LogP contribution in [0.15, 0.2) is 35.9 Å². The van der Waals surface area contributed by atoms with E-state index in [-0.39, 0.29) is 18.3 Å². The monoisotopic (exact) mass is 349 g/mol. The highest BCUT2D eigenvalue weighted by Crippen LogP contribution is 2.30. The van der Waals surface area contributed by atoms with Gasteiger partial charge in [0.2, 0.25) is 0 Å². The predicted octanol–water partition coefficient (Wildman–Crippen LogP) is 4.88. The molecule has 134 valence electrons. The maximum absolute atomic E-state index is 12.5. The molecule has 1 fully saturated rings. The van der Waals surface area contributed by atoms with E-state index in [1.807, 2.05) is 14.1 Å². The third-order valence-corrected chi connectivity index (χ3v) is 4.64. The quantitative estimate of drug-likeness (QED) is 0.682.